The molecule has 1 amide bonds. The topological polar surface area (TPSA) is 64.4 Å². The van der Waals surface area contributed by atoms with E-state index in [-0.39, 0.29) is 12.5 Å². The third kappa shape index (κ3) is 4.90. The first-order valence-corrected chi connectivity index (χ1v) is 9.31. The molecule has 0 unspecified atom stereocenters. The molecule has 0 fully saturated rings. The van der Waals surface area contributed by atoms with Gasteiger partial charge in [0, 0.05) is 17.7 Å². The quantitative estimate of drug-likeness (QED) is 0.490. The number of nitrogens with zero attached hydrogens (tertiary/aromatic N) is 1. The largest absolute Gasteiger partial charge is 0.483 e. The van der Waals surface area contributed by atoms with Crippen LogP contribution in [0.2, 0.25) is 0 Å². The predicted octanol–water partition coefficient (Wildman–Crippen LogP) is 4.95. The second-order valence-electron chi connectivity index (χ2n) is 6.55. The van der Waals surface area contributed by atoms with Gasteiger partial charge in [0.15, 0.2) is 18.8 Å². The molecule has 0 saturated heterocycles. The van der Waals surface area contributed by atoms with Crippen LogP contribution in [0.4, 0.5) is 5.69 Å². The maximum absolute atomic E-state index is 12.4. The van der Waals surface area contributed by atoms with Crippen molar-refractivity contribution in [2.75, 3.05) is 11.9 Å². The van der Waals surface area contributed by atoms with Crippen LogP contribution in [0.25, 0.3) is 11.3 Å². The van der Waals surface area contributed by atoms with Gasteiger partial charge in [-0.25, -0.2) is 4.98 Å². The van der Waals surface area contributed by atoms with E-state index in [9.17, 15) is 4.79 Å². The first kappa shape index (κ1) is 18.5. The van der Waals surface area contributed by atoms with Crippen molar-refractivity contribution < 1.29 is 13.9 Å². The van der Waals surface area contributed by atoms with Crippen molar-refractivity contribution in [2.24, 2.45) is 0 Å². The second-order valence-corrected chi connectivity index (χ2v) is 6.55. The zero-order chi connectivity index (χ0) is 19.9. The summed E-state index contributed by atoms with van der Waals surface area (Å²) in [5.41, 5.74) is 3.75. The van der Waals surface area contributed by atoms with Gasteiger partial charge < -0.3 is 14.5 Å². The Bertz CT molecular complexity index is 1080. The fourth-order valence-corrected chi connectivity index (χ4v) is 3.06. The first-order chi connectivity index (χ1) is 14.3. The highest BCUT2D eigenvalue weighted by Gasteiger charge is 2.09. The van der Waals surface area contributed by atoms with Crippen molar-refractivity contribution in [1.82, 2.24) is 4.98 Å². The van der Waals surface area contributed by atoms with Crippen molar-refractivity contribution in [3.63, 3.8) is 0 Å². The smallest absolute Gasteiger partial charge is 0.262 e. The Balaban J connectivity index is 1.39. The molecule has 3 aromatic carbocycles. The normalized spacial score (nSPS) is 10.5. The van der Waals surface area contributed by atoms with Crippen molar-refractivity contribution in [2.45, 2.75) is 6.42 Å². The minimum absolute atomic E-state index is 0.0711. The Morgan fingerprint density at radius 1 is 0.966 bits per heavy atom. The number of benzene rings is 3. The van der Waals surface area contributed by atoms with E-state index < -0.39 is 0 Å². The van der Waals surface area contributed by atoms with E-state index in [1.807, 2.05) is 66.7 Å². The van der Waals surface area contributed by atoms with Crippen molar-refractivity contribution in [3.8, 4) is 17.1 Å². The number of para-hydroxylation sites is 1. The number of ether oxygens (including phenoxy) is 1. The molecule has 0 bridgehead atoms. The van der Waals surface area contributed by atoms with Crippen LogP contribution >= 0.6 is 0 Å². The lowest BCUT2D eigenvalue weighted by atomic mass is 10.0. The molecule has 1 N–H and O–H groups in total. The number of nitrogens with one attached hydrogen (secondary N) is 1. The van der Waals surface area contributed by atoms with Gasteiger partial charge in [0.1, 0.15) is 5.75 Å². The molecule has 0 radical (unpaired) electrons. The van der Waals surface area contributed by atoms with Gasteiger partial charge in [-0.1, -0.05) is 60.7 Å². The third-order valence-electron chi connectivity index (χ3n) is 4.43. The number of amides is 1. The predicted molar refractivity (Wildman–Crippen MR) is 112 cm³/mol. The van der Waals surface area contributed by atoms with E-state index >= 15 is 0 Å². The van der Waals surface area contributed by atoms with Gasteiger partial charge >= 0.3 is 0 Å². The van der Waals surface area contributed by atoms with Crippen LogP contribution in [0.5, 0.6) is 5.75 Å². The zero-order valence-electron chi connectivity index (χ0n) is 15.7. The van der Waals surface area contributed by atoms with Crippen LogP contribution in [-0.4, -0.2) is 17.5 Å². The summed E-state index contributed by atoms with van der Waals surface area (Å²) >= 11 is 0. The van der Waals surface area contributed by atoms with Gasteiger partial charge in [-0.3, -0.25) is 4.79 Å². The molecule has 29 heavy (non-hydrogen) atoms. The molecule has 4 rings (SSSR count). The number of anilines is 1. The number of oxazole rings is 1. The average Bonchev–Trinajstić information content (AvgIpc) is 3.29. The van der Waals surface area contributed by atoms with Crippen LogP contribution in [0.1, 0.15) is 11.1 Å². The van der Waals surface area contributed by atoms with E-state index in [1.165, 1.54) is 12.0 Å². The fourth-order valence-electron chi connectivity index (χ4n) is 3.06. The van der Waals surface area contributed by atoms with Crippen LogP contribution in [-0.2, 0) is 11.2 Å². The number of hydrogen-bond acceptors (Lipinski definition) is 4. The summed E-state index contributed by atoms with van der Waals surface area (Å²) in [6.07, 6.45) is 3.76. The lowest BCUT2D eigenvalue weighted by molar-refractivity contribution is -0.118. The molecule has 1 aromatic heterocycles. The lowest BCUT2D eigenvalue weighted by Crippen LogP contribution is -2.20. The van der Waals surface area contributed by atoms with Gasteiger partial charge in [-0.2, -0.15) is 0 Å². The molecule has 0 aliphatic carbocycles. The van der Waals surface area contributed by atoms with E-state index in [4.69, 9.17) is 9.15 Å². The highest BCUT2D eigenvalue weighted by Crippen LogP contribution is 2.23. The summed E-state index contributed by atoms with van der Waals surface area (Å²) in [7, 11) is 0. The summed E-state index contributed by atoms with van der Waals surface area (Å²) in [4.78, 5) is 16.3. The molecule has 5 nitrogen and oxygen atoms in total. The molecule has 1 heterocycles. The number of carbonyl (C=O) groups is 1. The third-order valence-corrected chi connectivity index (χ3v) is 4.43. The van der Waals surface area contributed by atoms with Crippen molar-refractivity contribution in [1.29, 1.82) is 0 Å². The number of aromatic nitrogens is 1. The Kier molecular flexibility index (Phi) is 5.67. The molecular formula is C24H20N2O3. The van der Waals surface area contributed by atoms with Gasteiger partial charge in [0.05, 0.1) is 6.20 Å². The van der Waals surface area contributed by atoms with Crippen LogP contribution in [0.3, 0.4) is 0 Å². The molecule has 0 saturated carbocycles. The number of hydrogen-bond donors (Lipinski definition) is 1. The van der Waals surface area contributed by atoms with Gasteiger partial charge in [-0.15, -0.1) is 0 Å². The standard InChI is InChI=1S/C24H20N2O3/c27-24(26-21-11-6-10-20(14-21)23-15-25-17-29-23)16-28-22-12-5-4-9-19(22)13-18-7-2-1-3-8-18/h1-12,14-15,17H,13,16H2,(H,26,27). The fraction of sp³-hybridized carbons (Fsp3) is 0.0833. The monoisotopic (exact) mass is 384 g/mol. The molecular weight excluding hydrogens is 364 g/mol. The Morgan fingerprint density at radius 2 is 1.79 bits per heavy atom. The molecule has 0 aliphatic rings. The average molecular weight is 384 g/mol. The Hall–Kier alpha value is -3.86. The minimum atomic E-state index is -0.228. The molecule has 0 aliphatic heterocycles. The zero-order valence-corrected chi connectivity index (χ0v) is 15.7. The summed E-state index contributed by atoms with van der Waals surface area (Å²) < 4.78 is 11.1. The van der Waals surface area contributed by atoms with Crippen LogP contribution in [0.15, 0.2) is 95.9 Å². The van der Waals surface area contributed by atoms with E-state index in [0.29, 0.717) is 17.2 Å². The van der Waals surface area contributed by atoms with E-state index in [1.54, 1.807) is 6.20 Å². The Labute approximate surface area is 169 Å². The SMILES string of the molecule is O=C(COc1ccccc1Cc1ccccc1)Nc1cccc(-c2cnco2)c1. The highest BCUT2D eigenvalue weighted by atomic mass is 16.5. The molecule has 144 valence electrons. The van der Waals surface area contributed by atoms with Crippen LogP contribution in [0, 0.1) is 0 Å². The summed E-state index contributed by atoms with van der Waals surface area (Å²) in [6, 6.07) is 25.3. The molecule has 0 atom stereocenters. The summed E-state index contributed by atoms with van der Waals surface area (Å²) in [6.45, 7) is -0.0711. The minimum Gasteiger partial charge on any atom is -0.483 e. The van der Waals surface area contributed by atoms with Gasteiger partial charge in [0.2, 0.25) is 0 Å². The maximum Gasteiger partial charge on any atom is 0.262 e. The maximum atomic E-state index is 12.4. The van der Waals surface area contributed by atoms with E-state index in [2.05, 4.69) is 22.4 Å². The van der Waals surface area contributed by atoms with Gasteiger partial charge in [0.25, 0.3) is 5.91 Å². The molecule has 5 heteroatoms. The highest BCUT2D eigenvalue weighted by molar-refractivity contribution is 5.92. The first-order valence-electron chi connectivity index (χ1n) is 9.31. The van der Waals surface area contributed by atoms with Gasteiger partial charge in [-0.05, 0) is 29.3 Å². The van der Waals surface area contributed by atoms with E-state index in [0.717, 1.165) is 17.5 Å². The second kappa shape index (κ2) is 8.89. The summed E-state index contributed by atoms with van der Waals surface area (Å²) in [5.74, 6) is 1.13. The van der Waals surface area contributed by atoms with Crippen molar-refractivity contribution >= 4 is 11.6 Å². The Morgan fingerprint density at radius 3 is 2.62 bits per heavy atom. The lowest BCUT2D eigenvalue weighted by Gasteiger charge is -2.12. The van der Waals surface area contributed by atoms with Crippen LogP contribution < -0.4 is 10.1 Å². The number of carbonyl (C=O) groups excluding carboxylic acids is 1. The summed E-state index contributed by atoms with van der Waals surface area (Å²) in [5, 5.41) is 2.86. The molecule has 4 aromatic rings. The van der Waals surface area contributed by atoms with Crippen molar-refractivity contribution in [3.05, 3.63) is 103 Å². The number of rotatable bonds is 7. The molecule has 0 spiro atoms.